The highest BCUT2D eigenvalue weighted by atomic mass is 14.4. The van der Waals surface area contributed by atoms with E-state index in [1.54, 1.807) is 0 Å². The Labute approximate surface area is 697 Å². The highest BCUT2D eigenvalue weighted by molar-refractivity contribution is 6.24. The molecular formula is C119H86. The molecule has 0 heteroatoms. The van der Waals surface area contributed by atoms with Gasteiger partial charge in [0.1, 0.15) is 0 Å². The molecule has 0 aromatic heterocycles. The van der Waals surface area contributed by atoms with Crippen LogP contribution in [0.1, 0.15) is 91.6 Å². The van der Waals surface area contributed by atoms with Crippen molar-refractivity contribution in [3.8, 4) is 111 Å². The molecule has 23 rings (SSSR count). The van der Waals surface area contributed by atoms with Crippen molar-refractivity contribution in [1.82, 2.24) is 0 Å². The molecule has 0 atom stereocenters. The summed E-state index contributed by atoms with van der Waals surface area (Å²) in [6.45, 7) is 14.3. The van der Waals surface area contributed by atoms with Crippen molar-refractivity contribution in [1.29, 1.82) is 0 Å². The Kier molecular flexibility index (Phi) is 16.8. The summed E-state index contributed by atoms with van der Waals surface area (Å²) in [5, 5.41) is 15.2. The summed E-state index contributed by atoms with van der Waals surface area (Å²) < 4.78 is 0. The molecular weight excluding hydrogens is 1430 g/mol. The Morgan fingerprint density at radius 3 is 0.882 bits per heavy atom. The van der Waals surface area contributed by atoms with E-state index in [4.69, 9.17) is 0 Å². The standard InChI is InChI=1S/C60H44.C59H42/c1-59(2)53-21-13-12-18-45(53)46-29-27-44(36-55(46)59)58-50-20-11-10-19-49(50)57(51-31-25-41(33-52(51)58)40-23-22-38-16-8-9-17-39(38)32-40)43-26-30-48-47-28-24-42(37-14-6-5-7-15-37)34-54(47)60(3,4)56(48)35-43;1-59(2)55-24-14-13-21-48(55)49-33-32-47(38-56(49)59)58-51-23-12-11-22-50(51)57(52-34-31-46(37-54(52)58)45-30-29-40-15-9-10-20-44(40)36-45)43-27-25-39(26-28-43)35-53(41-16-5-3-6-17-41)42-18-7-4-8-19-42/h5-36H,1-4H3;3-38H,1-2H3. The van der Waals surface area contributed by atoms with E-state index in [0.717, 1.165) is 0 Å². The maximum Gasteiger partial charge on any atom is 0.0159 e. The summed E-state index contributed by atoms with van der Waals surface area (Å²) in [6.07, 6.45) is 2.32. The Bertz CT molecular complexity index is 7530. The van der Waals surface area contributed by atoms with Crippen molar-refractivity contribution in [2.45, 2.75) is 57.8 Å². The Morgan fingerprint density at radius 1 is 0.176 bits per heavy atom. The zero-order chi connectivity index (χ0) is 79.8. The summed E-state index contributed by atoms with van der Waals surface area (Å²) in [4.78, 5) is 0. The number of hydrogen-bond acceptors (Lipinski definition) is 0. The van der Waals surface area contributed by atoms with Gasteiger partial charge in [-0.05, 0) is 286 Å². The van der Waals surface area contributed by atoms with E-state index in [1.807, 2.05) is 0 Å². The van der Waals surface area contributed by atoms with Gasteiger partial charge in [0.25, 0.3) is 0 Å². The van der Waals surface area contributed by atoms with Gasteiger partial charge in [-0.25, -0.2) is 0 Å². The van der Waals surface area contributed by atoms with E-state index < -0.39 is 0 Å². The Balaban J connectivity index is 0.000000143. The first-order chi connectivity index (χ1) is 58.3. The molecule has 0 unspecified atom stereocenters. The summed E-state index contributed by atoms with van der Waals surface area (Å²) in [6, 6.07) is 152. The monoisotopic (exact) mass is 1510 g/mol. The first kappa shape index (κ1) is 71.3. The predicted molar refractivity (Wildman–Crippen MR) is 509 cm³/mol. The molecule has 0 saturated carbocycles. The summed E-state index contributed by atoms with van der Waals surface area (Å²) in [5.41, 5.74) is 38.4. The zero-order valence-electron chi connectivity index (χ0n) is 67.8. The second-order valence-electron chi connectivity index (χ2n) is 34.5. The molecule has 562 valence electrons. The molecule has 0 nitrogen and oxygen atoms in total. The van der Waals surface area contributed by atoms with E-state index in [1.165, 1.54) is 232 Å². The van der Waals surface area contributed by atoms with Crippen molar-refractivity contribution in [2.24, 2.45) is 0 Å². The minimum Gasteiger partial charge on any atom is -0.0622 e. The molecule has 3 aliphatic carbocycles. The van der Waals surface area contributed by atoms with Crippen LogP contribution >= 0.6 is 0 Å². The van der Waals surface area contributed by atoms with Gasteiger partial charge < -0.3 is 0 Å². The molecule has 0 fully saturated rings. The average molecular weight is 1520 g/mol. The first-order valence-electron chi connectivity index (χ1n) is 42.0. The fraction of sp³-hybridized carbons (Fsp3) is 0.0756. The second kappa shape index (κ2) is 28.0. The number of rotatable bonds is 10. The van der Waals surface area contributed by atoms with Crippen LogP contribution in [-0.2, 0) is 16.2 Å². The van der Waals surface area contributed by atoms with Gasteiger partial charge in [-0.3, -0.25) is 0 Å². The number of hydrogen-bond donors (Lipinski definition) is 0. The van der Waals surface area contributed by atoms with Crippen LogP contribution in [0.5, 0.6) is 0 Å². The molecule has 0 amide bonds. The maximum atomic E-state index is 2.50. The predicted octanol–water partition coefficient (Wildman–Crippen LogP) is 32.5. The van der Waals surface area contributed by atoms with Crippen molar-refractivity contribution in [3.63, 3.8) is 0 Å². The van der Waals surface area contributed by atoms with Crippen LogP contribution in [0.4, 0.5) is 0 Å². The van der Waals surface area contributed by atoms with Crippen LogP contribution in [0.3, 0.4) is 0 Å². The average Bonchev–Trinajstić information content (AvgIpc) is 1.52. The highest BCUT2D eigenvalue weighted by Crippen LogP contribution is 2.57. The van der Waals surface area contributed by atoms with Gasteiger partial charge >= 0.3 is 0 Å². The fourth-order valence-corrected chi connectivity index (χ4v) is 20.6. The molecule has 0 N–H and O–H groups in total. The highest BCUT2D eigenvalue weighted by Gasteiger charge is 2.39. The van der Waals surface area contributed by atoms with Gasteiger partial charge in [-0.15, -0.1) is 0 Å². The van der Waals surface area contributed by atoms with Crippen molar-refractivity contribution >= 4 is 76.3 Å². The minimum absolute atomic E-state index is 0.0964. The van der Waals surface area contributed by atoms with Crippen LogP contribution in [0, 0.1) is 0 Å². The number of fused-ring (bicyclic) bond motifs is 15. The summed E-state index contributed by atoms with van der Waals surface area (Å²) >= 11 is 0. The molecule has 20 aromatic rings. The van der Waals surface area contributed by atoms with Gasteiger partial charge in [-0.1, -0.05) is 399 Å². The van der Waals surface area contributed by atoms with Crippen molar-refractivity contribution in [2.75, 3.05) is 0 Å². The molecule has 119 heavy (non-hydrogen) atoms. The first-order valence-corrected chi connectivity index (χ1v) is 42.0. The van der Waals surface area contributed by atoms with Gasteiger partial charge in [-0.2, -0.15) is 0 Å². The van der Waals surface area contributed by atoms with Crippen LogP contribution in [0.15, 0.2) is 406 Å². The molecule has 0 aliphatic heterocycles. The Morgan fingerprint density at radius 2 is 0.454 bits per heavy atom. The molecule has 0 radical (unpaired) electrons. The lowest BCUT2D eigenvalue weighted by Crippen LogP contribution is -2.15. The molecule has 0 spiro atoms. The van der Waals surface area contributed by atoms with Gasteiger partial charge in [0.15, 0.2) is 0 Å². The fourth-order valence-electron chi connectivity index (χ4n) is 20.6. The van der Waals surface area contributed by atoms with E-state index in [-0.39, 0.29) is 16.2 Å². The quantitative estimate of drug-likeness (QED) is 0.0946. The third-order valence-corrected chi connectivity index (χ3v) is 26.7. The van der Waals surface area contributed by atoms with E-state index in [0.29, 0.717) is 0 Å². The van der Waals surface area contributed by atoms with Gasteiger partial charge in [0.05, 0.1) is 0 Å². The topological polar surface area (TPSA) is 0 Å². The summed E-state index contributed by atoms with van der Waals surface area (Å²) in [5.74, 6) is 0. The SMILES string of the molecule is CC1(C)c2ccccc2-c2ccc(-c3c4ccccc4c(-c4ccc(C=C(c5ccccc5)c5ccccc5)cc4)c4ccc(-c5ccc6ccccc6c5)cc34)cc21.CC1(C)c2ccccc2-c2ccc(-c3c4ccccc4c(-c4ccc5c(c4)C(C)(C)c4cc(-c6ccccc6)ccc4-5)c4ccc(-c5ccc6ccccc6c5)cc34)cc21. The van der Waals surface area contributed by atoms with E-state index in [9.17, 15) is 0 Å². The zero-order valence-corrected chi connectivity index (χ0v) is 67.8. The third-order valence-electron chi connectivity index (χ3n) is 26.7. The lowest BCUT2D eigenvalue weighted by molar-refractivity contribution is 0.660. The molecule has 3 aliphatic rings. The normalized spacial score (nSPS) is 13.5. The lowest BCUT2D eigenvalue weighted by Gasteiger charge is -2.24. The molecule has 20 aromatic carbocycles. The van der Waals surface area contributed by atoms with Crippen LogP contribution in [0.2, 0.25) is 0 Å². The van der Waals surface area contributed by atoms with E-state index >= 15 is 0 Å². The van der Waals surface area contributed by atoms with E-state index in [2.05, 4.69) is 454 Å². The number of benzene rings is 20. The van der Waals surface area contributed by atoms with Gasteiger partial charge in [0, 0.05) is 16.2 Å². The van der Waals surface area contributed by atoms with Crippen molar-refractivity contribution < 1.29 is 0 Å². The largest absolute Gasteiger partial charge is 0.0622 e. The van der Waals surface area contributed by atoms with Crippen LogP contribution in [-0.4, -0.2) is 0 Å². The Hall–Kier alpha value is -14.3. The second-order valence-corrected chi connectivity index (χ2v) is 34.5. The lowest BCUT2D eigenvalue weighted by atomic mass is 9.79. The molecule has 0 heterocycles. The van der Waals surface area contributed by atoms with Crippen molar-refractivity contribution in [3.05, 3.63) is 457 Å². The molecule has 0 saturated heterocycles. The van der Waals surface area contributed by atoms with Crippen LogP contribution in [0.25, 0.3) is 188 Å². The minimum atomic E-state index is -0.158. The van der Waals surface area contributed by atoms with Crippen LogP contribution < -0.4 is 0 Å². The smallest absolute Gasteiger partial charge is 0.0159 e. The summed E-state index contributed by atoms with van der Waals surface area (Å²) in [7, 11) is 0. The molecule has 0 bridgehead atoms. The maximum absolute atomic E-state index is 2.50. The van der Waals surface area contributed by atoms with Gasteiger partial charge in [0.2, 0.25) is 0 Å². The third kappa shape index (κ3) is 11.8.